The van der Waals surface area contributed by atoms with Gasteiger partial charge >= 0.3 is 0 Å². The van der Waals surface area contributed by atoms with Gasteiger partial charge in [0.2, 0.25) is 0 Å². The second-order valence-electron chi connectivity index (χ2n) is 9.08. The molecule has 8 aromatic carbocycles. The molecule has 0 radical (unpaired) electrons. The van der Waals surface area contributed by atoms with Crippen molar-refractivity contribution in [3.63, 3.8) is 0 Å². The van der Waals surface area contributed by atoms with Crippen LogP contribution in [0.3, 0.4) is 0 Å². The summed E-state index contributed by atoms with van der Waals surface area (Å²) >= 11 is 0. The molecule has 0 saturated heterocycles. The molecule has 1 heteroatoms. The fraction of sp³-hybridized carbons (Fsp3) is 0. The third-order valence-corrected chi connectivity index (χ3v) is 6.94. The summed E-state index contributed by atoms with van der Waals surface area (Å²) in [4.78, 5) is 0. The molecular formula is C40H24O. The lowest BCUT2D eigenvalue weighted by molar-refractivity contribution is 0.673. The topological polar surface area (TPSA) is 13.1 Å². The maximum Gasteiger partial charge on any atom is 0.143 e. The second-order valence-corrected chi connectivity index (χ2v) is 9.08. The zero-order chi connectivity index (χ0) is 46.9. The number of rotatable bonds is 2. The van der Waals surface area contributed by atoms with Crippen molar-refractivity contribution in [2.24, 2.45) is 0 Å². The molecule has 9 rings (SSSR count). The van der Waals surface area contributed by atoms with Crippen LogP contribution in [0, 0.1) is 0 Å². The Bertz CT molecular complexity index is 3680. The van der Waals surface area contributed by atoms with Gasteiger partial charge in [-0.05, 0) is 78.1 Å². The van der Waals surface area contributed by atoms with E-state index in [0.29, 0.717) is 0 Å². The molecule has 0 fully saturated rings. The van der Waals surface area contributed by atoms with E-state index in [2.05, 4.69) is 0 Å². The average Bonchev–Trinajstić information content (AvgIpc) is 3.63. The first-order valence-electron chi connectivity index (χ1n) is 23.7. The molecule has 0 amide bonds. The summed E-state index contributed by atoms with van der Waals surface area (Å²) in [5.74, 6) is 0. The van der Waals surface area contributed by atoms with Crippen molar-refractivity contribution in [2.75, 3.05) is 0 Å². The summed E-state index contributed by atoms with van der Waals surface area (Å²) in [6.45, 7) is 0. The van der Waals surface area contributed by atoms with E-state index >= 15 is 0 Å². The van der Waals surface area contributed by atoms with Crippen LogP contribution in [0.25, 0.3) is 87.3 Å². The highest BCUT2D eigenvalue weighted by molar-refractivity contribution is 6.27. The Morgan fingerprint density at radius 1 is 0.439 bits per heavy atom. The van der Waals surface area contributed by atoms with Crippen LogP contribution >= 0.6 is 0 Å². The number of benzene rings is 8. The van der Waals surface area contributed by atoms with Gasteiger partial charge in [0.25, 0.3) is 0 Å². The van der Waals surface area contributed by atoms with Crippen molar-refractivity contribution in [2.45, 2.75) is 0 Å². The van der Waals surface area contributed by atoms with Crippen LogP contribution < -0.4 is 0 Å². The largest absolute Gasteiger partial charge is 0.455 e. The first-order valence-corrected chi connectivity index (χ1v) is 12.2. The molecule has 1 aromatic heterocycles. The molecule has 1 heterocycles. The molecule has 0 unspecified atom stereocenters. The Balaban J connectivity index is 1.66. The van der Waals surface area contributed by atoms with Crippen molar-refractivity contribution in [1.29, 1.82) is 0 Å². The van der Waals surface area contributed by atoms with Gasteiger partial charge in [-0.3, -0.25) is 0 Å². The Labute approximate surface area is 269 Å². The van der Waals surface area contributed by atoms with Gasteiger partial charge in [0, 0.05) is 16.2 Å². The second kappa shape index (κ2) is 8.55. The van der Waals surface area contributed by atoms with Gasteiger partial charge < -0.3 is 4.42 Å². The normalized spacial score (nSPS) is 19.8. The van der Waals surface area contributed by atoms with Gasteiger partial charge in [-0.2, -0.15) is 0 Å². The van der Waals surface area contributed by atoms with Crippen LogP contribution in [0.15, 0.2) is 149 Å². The van der Waals surface area contributed by atoms with E-state index in [-0.39, 0.29) is 27.3 Å². The lowest BCUT2D eigenvalue weighted by Crippen LogP contribution is -1.91. The Hall–Kier alpha value is -5.40. The molecule has 0 saturated carbocycles. The summed E-state index contributed by atoms with van der Waals surface area (Å²) in [6, 6.07) is -17.5. The predicted molar refractivity (Wildman–Crippen MR) is 175 cm³/mol. The molecule has 9 aromatic rings. The van der Waals surface area contributed by atoms with E-state index < -0.39 is 199 Å². The van der Waals surface area contributed by atoms with Crippen molar-refractivity contribution in [1.82, 2.24) is 0 Å². The van der Waals surface area contributed by atoms with Gasteiger partial charge in [0.15, 0.2) is 0 Å². The quantitative estimate of drug-likeness (QED) is 0.198. The number of furan rings is 1. The Kier molecular flexibility index (Phi) is 2.00. The zero-order valence-electron chi connectivity index (χ0n) is 43.5. The van der Waals surface area contributed by atoms with Crippen LogP contribution in [0.2, 0.25) is 0 Å². The van der Waals surface area contributed by atoms with Crippen molar-refractivity contribution in [3.05, 3.63) is 145 Å². The highest BCUT2D eigenvalue weighted by Crippen LogP contribution is 2.47. The maximum atomic E-state index is 9.44. The first kappa shape index (κ1) is 9.61. The van der Waals surface area contributed by atoms with E-state index in [9.17, 15) is 11.0 Å². The minimum atomic E-state index is -0.913. The van der Waals surface area contributed by atoms with Crippen LogP contribution in [-0.4, -0.2) is 0 Å². The molecule has 0 aliphatic carbocycles. The Morgan fingerprint density at radius 2 is 1.02 bits per heavy atom. The van der Waals surface area contributed by atoms with Gasteiger partial charge in [-0.25, -0.2) is 0 Å². The highest BCUT2D eigenvalue weighted by Gasteiger charge is 2.20. The van der Waals surface area contributed by atoms with Crippen molar-refractivity contribution < 1.29 is 35.9 Å². The fourth-order valence-corrected chi connectivity index (χ4v) is 5.25. The average molecular weight is 544 g/mol. The molecule has 0 aliphatic rings. The van der Waals surface area contributed by atoms with Crippen molar-refractivity contribution in [3.8, 4) is 22.3 Å². The summed E-state index contributed by atoms with van der Waals surface area (Å²) in [5.41, 5.74) is -3.10. The minimum absolute atomic E-state index is 0.309. The van der Waals surface area contributed by atoms with Gasteiger partial charge in [0.05, 0.1) is 31.5 Å². The SMILES string of the molecule is [2H]c1cc2oc3c4c([2H])c([2H])c([2H])c([2H])c4c([2H])c([2H])c3c2c(-c2c3c([2H])c([2H])c([2H])c([2H])c3c(-c3c([2H])c([2H])c4c([2H])c([2H])c([2H])c([2H])c4c3[2H])c3c([2H])c([2H])c([2H])c([2H])c23)c1[2H]. The van der Waals surface area contributed by atoms with Gasteiger partial charge in [-0.15, -0.1) is 0 Å². The summed E-state index contributed by atoms with van der Waals surface area (Å²) in [7, 11) is 0. The summed E-state index contributed by atoms with van der Waals surface area (Å²) in [5, 5.41) is -4.95. The molecule has 0 atom stereocenters. The van der Waals surface area contributed by atoms with Gasteiger partial charge in [-0.1, -0.05) is 127 Å². The van der Waals surface area contributed by atoms with Crippen molar-refractivity contribution >= 4 is 65.0 Å². The molecular weight excluding hydrogens is 496 g/mol. The number of hydrogen-bond acceptors (Lipinski definition) is 1. The summed E-state index contributed by atoms with van der Waals surface area (Å²) in [6.07, 6.45) is 0. The first-order chi connectivity index (χ1) is 29.9. The van der Waals surface area contributed by atoms with E-state index in [1.807, 2.05) is 0 Å². The molecule has 190 valence electrons. The van der Waals surface area contributed by atoms with Gasteiger partial charge in [0.1, 0.15) is 11.2 Å². The van der Waals surface area contributed by atoms with E-state index in [4.69, 9.17) is 25.0 Å². The lowest BCUT2D eigenvalue weighted by Gasteiger charge is -2.18. The number of hydrogen-bond donors (Lipinski definition) is 0. The third-order valence-electron chi connectivity index (χ3n) is 6.94. The van der Waals surface area contributed by atoms with Crippen LogP contribution in [0.4, 0.5) is 0 Å². The third kappa shape index (κ3) is 3.24. The fourth-order valence-electron chi connectivity index (χ4n) is 5.25. The van der Waals surface area contributed by atoms with E-state index in [1.54, 1.807) is 0 Å². The number of fused-ring (bicyclic) bond motifs is 8. The maximum absolute atomic E-state index is 9.44. The predicted octanol–water partition coefficient (Wildman–Crippen LogP) is 11.5. The smallest absolute Gasteiger partial charge is 0.143 e. The van der Waals surface area contributed by atoms with E-state index in [1.165, 1.54) is 0 Å². The van der Waals surface area contributed by atoms with E-state index in [0.717, 1.165) is 6.07 Å². The minimum Gasteiger partial charge on any atom is -0.455 e. The summed E-state index contributed by atoms with van der Waals surface area (Å²) < 4.78 is 211. The van der Waals surface area contributed by atoms with Crippen LogP contribution in [0.5, 0.6) is 0 Å². The van der Waals surface area contributed by atoms with Crippen LogP contribution in [-0.2, 0) is 0 Å². The zero-order valence-corrected chi connectivity index (χ0v) is 20.5. The van der Waals surface area contributed by atoms with Crippen LogP contribution in [0.1, 0.15) is 31.5 Å². The lowest BCUT2D eigenvalue weighted by atomic mass is 9.84. The monoisotopic (exact) mass is 543 g/mol. The molecule has 0 bridgehead atoms. The molecule has 0 aliphatic heterocycles. The molecule has 41 heavy (non-hydrogen) atoms. The standard InChI is InChI=1S/C40H24O/c1-2-12-27-24-28(21-20-25(27)10-1)37-30-14-5-7-16-32(30)38(33-17-8-6-15-31(33)37)34-18-9-19-36-39(34)35-23-22-26-11-3-4-13-29(26)40(35)41-36/h1-24H/i1D,2D,3D,4D,5D,6D,7D,8D,9D,10D,11D,12D,13D,14D,15D,16D,17D,18D,20D,21D,22D,23D,24D. The molecule has 0 spiro atoms. The Morgan fingerprint density at radius 3 is 1.76 bits per heavy atom. The molecule has 0 N–H and O–H groups in total. The molecule has 1 nitrogen and oxygen atoms in total. The highest BCUT2D eigenvalue weighted by atomic mass is 16.3.